The quantitative estimate of drug-likeness (QED) is 0.877. The highest BCUT2D eigenvalue weighted by molar-refractivity contribution is 6.35. The molecule has 0 spiro atoms. The van der Waals surface area contributed by atoms with Gasteiger partial charge in [0.25, 0.3) is 0 Å². The molecule has 0 aromatic heterocycles. The van der Waals surface area contributed by atoms with Gasteiger partial charge in [-0.05, 0) is 42.5 Å². The van der Waals surface area contributed by atoms with E-state index in [1.807, 2.05) is 6.07 Å². The molecule has 0 bridgehead atoms. The van der Waals surface area contributed by atoms with Gasteiger partial charge in [0.05, 0.1) is 11.6 Å². The van der Waals surface area contributed by atoms with Crippen LogP contribution in [0.1, 0.15) is 32.8 Å². The molecule has 0 aliphatic heterocycles. The number of hydrogen-bond acceptors (Lipinski definition) is 2. The highest BCUT2D eigenvalue weighted by atomic mass is 35.5. The molecule has 0 fully saturated rings. The van der Waals surface area contributed by atoms with E-state index in [0.29, 0.717) is 29.6 Å². The summed E-state index contributed by atoms with van der Waals surface area (Å²) < 4.78 is 5.81. The Morgan fingerprint density at radius 1 is 1.22 bits per heavy atom. The van der Waals surface area contributed by atoms with Gasteiger partial charge in [0, 0.05) is 5.02 Å². The average Bonchev–Trinajstić information content (AvgIpc) is 2.20. The van der Waals surface area contributed by atoms with Gasteiger partial charge in [0.1, 0.15) is 5.75 Å². The Morgan fingerprint density at radius 3 is 2.44 bits per heavy atom. The molecule has 0 aliphatic carbocycles. The molecule has 2 nitrogen and oxygen atoms in total. The van der Waals surface area contributed by atoms with Gasteiger partial charge >= 0.3 is 0 Å². The summed E-state index contributed by atoms with van der Waals surface area (Å²) in [5, 5.41) is 1.17. The summed E-state index contributed by atoms with van der Waals surface area (Å²) in [5.74, 6) is 0.718. The van der Waals surface area contributed by atoms with E-state index in [2.05, 4.69) is 20.8 Å². The Balaban J connectivity index is 2.80. The summed E-state index contributed by atoms with van der Waals surface area (Å²) in [6, 6.07) is 3.57. The van der Waals surface area contributed by atoms with Gasteiger partial charge in [0.2, 0.25) is 0 Å². The predicted molar refractivity (Wildman–Crippen MR) is 78.8 cm³/mol. The Labute approximate surface area is 119 Å². The fourth-order valence-electron chi connectivity index (χ4n) is 1.58. The zero-order chi connectivity index (χ0) is 13.8. The Morgan fingerprint density at radius 2 is 1.89 bits per heavy atom. The van der Waals surface area contributed by atoms with Crippen LogP contribution in [0.25, 0.3) is 0 Å². The second kappa shape index (κ2) is 6.65. The summed E-state index contributed by atoms with van der Waals surface area (Å²) in [5.41, 5.74) is 6.80. The zero-order valence-corrected chi connectivity index (χ0v) is 12.7. The standard InChI is InChI=1S/C14H21Cl2NO/c1-14(2,3)5-7-18-13-10(4-6-17)8-11(15)9-12(13)16/h8-9H,4-7,17H2,1-3H3. The lowest BCUT2D eigenvalue weighted by Gasteiger charge is -2.19. The summed E-state index contributed by atoms with van der Waals surface area (Å²) in [6.45, 7) is 7.73. The first-order valence-electron chi connectivity index (χ1n) is 6.14. The monoisotopic (exact) mass is 289 g/mol. The van der Waals surface area contributed by atoms with Gasteiger partial charge in [0.15, 0.2) is 0 Å². The molecule has 0 saturated heterocycles. The molecule has 2 N–H and O–H groups in total. The van der Waals surface area contributed by atoms with Crippen LogP contribution in [-0.2, 0) is 6.42 Å². The van der Waals surface area contributed by atoms with E-state index in [9.17, 15) is 0 Å². The summed E-state index contributed by atoms with van der Waals surface area (Å²) in [4.78, 5) is 0. The second-order valence-electron chi connectivity index (χ2n) is 5.57. The molecule has 4 heteroatoms. The maximum absolute atomic E-state index is 6.17. The van der Waals surface area contributed by atoms with Crippen LogP contribution in [0, 0.1) is 5.41 Å². The van der Waals surface area contributed by atoms with Gasteiger partial charge < -0.3 is 10.5 Å². The second-order valence-corrected chi connectivity index (χ2v) is 6.42. The van der Waals surface area contributed by atoms with Gasteiger partial charge in [-0.1, -0.05) is 44.0 Å². The predicted octanol–water partition coefficient (Wildman–Crippen LogP) is 4.31. The van der Waals surface area contributed by atoms with Crippen LogP contribution in [0.2, 0.25) is 10.0 Å². The Hall–Kier alpha value is -0.440. The lowest BCUT2D eigenvalue weighted by molar-refractivity contribution is 0.241. The molecule has 1 aromatic rings. The Bertz CT molecular complexity index is 400. The highest BCUT2D eigenvalue weighted by Crippen LogP contribution is 2.33. The molecule has 102 valence electrons. The highest BCUT2D eigenvalue weighted by Gasteiger charge is 2.13. The molecular formula is C14H21Cl2NO. The third-order valence-electron chi connectivity index (χ3n) is 2.60. The van der Waals surface area contributed by atoms with E-state index in [4.69, 9.17) is 33.7 Å². The van der Waals surface area contributed by atoms with Crippen molar-refractivity contribution in [1.82, 2.24) is 0 Å². The summed E-state index contributed by atoms with van der Waals surface area (Å²) >= 11 is 12.2. The minimum atomic E-state index is 0.243. The van der Waals surface area contributed by atoms with Crippen molar-refractivity contribution in [3.8, 4) is 5.75 Å². The van der Waals surface area contributed by atoms with Crippen LogP contribution in [0.4, 0.5) is 0 Å². The molecule has 18 heavy (non-hydrogen) atoms. The number of rotatable bonds is 5. The molecule has 1 rings (SSSR count). The molecule has 0 heterocycles. The molecule has 1 aromatic carbocycles. The van der Waals surface area contributed by atoms with Crippen molar-refractivity contribution in [3.63, 3.8) is 0 Å². The van der Waals surface area contributed by atoms with Crippen molar-refractivity contribution in [2.24, 2.45) is 11.1 Å². The van der Waals surface area contributed by atoms with Crippen molar-refractivity contribution in [3.05, 3.63) is 27.7 Å². The minimum Gasteiger partial charge on any atom is -0.492 e. The molecular weight excluding hydrogens is 269 g/mol. The number of nitrogens with two attached hydrogens (primary N) is 1. The lowest BCUT2D eigenvalue weighted by atomic mass is 9.93. The van der Waals surface area contributed by atoms with Gasteiger partial charge in [-0.3, -0.25) is 0 Å². The average molecular weight is 290 g/mol. The fraction of sp³-hybridized carbons (Fsp3) is 0.571. The van der Waals surface area contributed by atoms with Crippen LogP contribution in [0.3, 0.4) is 0 Å². The number of ether oxygens (including phenoxy) is 1. The van der Waals surface area contributed by atoms with Crippen molar-refractivity contribution in [2.45, 2.75) is 33.6 Å². The number of halogens is 2. The van der Waals surface area contributed by atoms with Gasteiger partial charge in [-0.25, -0.2) is 0 Å². The largest absolute Gasteiger partial charge is 0.492 e. The molecule has 0 aliphatic rings. The van der Waals surface area contributed by atoms with Crippen LogP contribution in [-0.4, -0.2) is 13.2 Å². The first kappa shape index (κ1) is 15.6. The van der Waals surface area contributed by atoms with Crippen LogP contribution in [0.5, 0.6) is 5.75 Å². The van der Waals surface area contributed by atoms with Crippen molar-refractivity contribution in [2.75, 3.05) is 13.2 Å². The van der Waals surface area contributed by atoms with Crippen LogP contribution >= 0.6 is 23.2 Å². The smallest absolute Gasteiger partial charge is 0.141 e. The summed E-state index contributed by atoms with van der Waals surface area (Å²) in [7, 11) is 0. The van der Waals surface area contributed by atoms with E-state index in [0.717, 1.165) is 17.7 Å². The van der Waals surface area contributed by atoms with Crippen LogP contribution < -0.4 is 10.5 Å². The zero-order valence-electron chi connectivity index (χ0n) is 11.2. The van der Waals surface area contributed by atoms with E-state index < -0.39 is 0 Å². The maximum Gasteiger partial charge on any atom is 0.141 e. The fourth-order valence-corrected chi connectivity index (χ4v) is 2.17. The van der Waals surface area contributed by atoms with Crippen molar-refractivity contribution >= 4 is 23.2 Å². The van der Waals surface area contributed by atoms with Gasteiger partial charge in [-0.15, -0.1) is 0 Å². The third kappa shape index (κ3) is 5.05. The first-order chi connectivity index (χ1) is 8.33. The van der Waals surface area contributed by atoms with Crippen molar-refractivity contribution < 1.29 is 4.74 Å². The molecule has 0 radical (unpaired) electrons. The van der Waals surface area contributed by atoms with Gasteiger partial charge in [-0.2, -0.15) is 0 Å². The minimum absolute atomic E-state index is 0.243. The van der Waals surface area contributed by atoms with E-state index in [1.165, 1.54) is 0 Å². The van der Waals surface area contributed by atoms with Crippen LogP contribution in [0.15, 0.2) is 12.1 Å². The van der Waals surface area contributed by atoms with E-state index in [1.54, 1.807) is 6.07 Å². The topological polar surface area (TPSA) is 35.2 Å². The maximum atomic E-state index is 6.17. The lowest BCUT2D eigenvalue weighted by Crippen LogP contribution is -2.12. The number of hydrogen-bond donors (Lipinski definition) is 1. The molecule has 0 saturated carbocycles. The normalized spacial score (nSPS) is 11.7. The molecule has 0 unspecified atom stereocenters. The van der Waals surface area contributed by atoms with Crippen molar-refractivity contribution in [1.29, 1.82) is 0 Å². The number of benzene rings is 1. The third-order valence-corrected chi connectivity index (χ3v) is 3.10. The Kier molecular flexibility index (Phi) is 5.77. The SMILES string of the molecule is CC(C)(C)CCOc1c(Cl)cc(Cl)cc1CCN. The summed E-state index contributed by atoms with van der Waals surface area (Å²) in [6.07, 6.45) is 1.68. The molecule has 0 atom stereocenters. The van der Waals surface area contributed by atoms with E-state index in [-0.39, 0.29) is 5.41 Å². The van der Waals surface area contributed by atoms with E-state index >= 15 is 0 Å². The first-order valence-corrected chi connectivity index (χ1v) is 6.90. The molecule has 0 amide bonds.